The van der Waals surface area contributed by atoms with Crippen molar-refractivity contribution in [2.45, 2.75) is 13.0 Å². The fourth-order valence-corrected chi connectivity index (χ4v) is 3.17. The highest BCUT2D eigenvalue weighted by Gasteiger charge is 2.13. The lowest BCUT2D eigenvalue weighted by atomic mass is 10.1. The maximum atomic E-state index is 12.9. The number of benzene rings is 2. The van der Waals surface area contributed by atoms with Crippen molar-refractivity contribution in [3.05, 3.63) is 76.3 Å². The van der Waals surface area contributed by atoms with E-state index in [2.05, 4.69) is 14.7 Å². The van der Waals surface area contributed by atoms with Crippen LogP contribution in [0.15, 0.2) is 48.5 Å². The second kappa shape index (κ2) is 8.92. The van der Waals surface area contributed by atoms with Crippen LogP contribution in [0.2, 0.25) is 5.02 Å². The molecule has 0 aliphatic carbocycles. The summed E-state index contributed by atoms with van der Waals surface area (Å²) < 4.78 is 17.2. The first-order chi connectivity index (χ1) is 13.0. The Bertz CT molecular complexity index is 899. The molecule has 0 aliphatic rings. The van der Waals surface area contributed by atoms with E-state index in [4.69, 9.17) is 11.6 Å². The number of amides is 1. The molecule has 1 amide bonds. The van der Waals surface area contributed by atoms with Gasteiger partial charge in [-0.05, 0) is 35.4 Å². The van der Waals surface area contributed by atoms with E-state index in [1.807, 2.05) is 24.3 Å². The predicted molar refractivity (Wildman–Crippen MR) is 106 cm³/mol. The van der Waals surface area contributed by atoms with Crippen molar-refractivity contribution in [2.24, 2.45) is 0 Å². The Morgan fingerprint density at radius 1 is 1.15 bits per heavy atom. The minimum Gasteiger partial charge on any atom is -0.350 e. The van der Waals surface area contributed by atoms with E-state index >= 15 is 0 Å². The number of hydrogen-bond donors (Lipinski definition) is 1. The van der Waals surface area contributed by atoms with Gasteiger partial charge in [0.25, 0.3) is 0 Å². The average molecular weight is 405 g/mol. The van der Waals surface area contributed by atoms with Gasteiger partial charge < -0.3 is 10.2 Å². The van der Waals surface area contributed by atoms with Crippen LogP contribution >= 0.6 is 23.1 Å². The monoisotopic (exact) mass is 404 g/mol. The number of likely N-dealkylation sites (N-methyl/N-ethyl adjacent to an activating group) is 1. The molecule has 3 aromatic rings. The number of rotatable bonds is 7. The summed E-state index contributed by atoms with van der Waals surface area (Å²) >= 11 is 7.15. The molecule has 1 heterocycles. The molecule has 0 atom stereocenters. The maximum Gasteiger partial charge on any atom is 0.239 e. The molecule has 0 saturated heterocycles. The Kier molecular flexibility index (Phi) is 6.36. The van der Waals surface area contributed by atoms with Crippen LogP contribution in [0, 0.1) is 5.82 Å². The van der Waals surface area contributed by atoms with Gasteiger partial charge in [-0.15, -0.1) is 0 Å². The largest absolute Gasteiger partial charge is 0.350 e. The molecule has 5 nitrogen and oxygen atoms in total. The molecule has 1 N–H and O–H groups in total. The number of nitrogens with zero attached hydrogens (tertiary/aromatic N) is 3. The molecule has 0 aliphatic heterocycles. The number of carbonyl (C=O) groups is 1. The quantitative estimate of drug-likeness (QED) is 0.652. The summed E-state index contributed by atoms with van der Waals surface area (Å²) in [6, 6.07) is 13.6. The third kappa shape index (κ3) is 5.74. The van der Waals surface area contributed by atoms with Crippen LogP contribution < -0.4 is 10.2 Å². The first kappa shape index (κ1) is 19.3. The van der Waals surface area contributed by atoms with E-state index in [9.17, 15) is 9.18 Å². The predicted octanol–water partition coefficient (Wildman–Crippen LogP) is 3.67. The molecular weight excluding hydrogens is 387 g/mol. The highest BCUT2D eigenvalue weighted by Crippen LogP contribution is 2.18. The lowest BCUT2D eigenvalue weighted by Gasteiger charge is -2.14. The van der Waals surface area contributed by atoms with Crippen molar-refractivity contribution in [3.8, 4) is 0 Å². The van der Waals surface area contributed by atoms with Crippen molar-refractivity contribution in [2.75, 3.05) is 18.5 Å². The number of nitrogens with one attached hydrogen (secondary N) is 1. The van der Waals surface area contributed by atoms with E-state index in [0.29, 0.717) is 28.9 Å². The third-order valence-electron chi connectivity index (χ3n) is 3.84. The maximum absolute atomic E-state index is 12.9. The number of hydrogen-bond acceptors (Lipinski definition) is 5. The van der Waals surface area contributed by atoms with Crippen molar-refractivity contribution in [3.63, 3.8) is 0 Å². The van der Waals surface area contributed by atoms with Crippen LogP contribution in [-0.4, -0.2) is 28.9 Å². The summed E-state index contributed by atoms with van der Waals surface area (Å²) in [6.45, 7) is 0.516. The Balaban J connectivity index is 1.50. The molecule has 0 unspecified atom stereocenters. The molecule has 0 radical (unpaired) electrons. The fourth-order valence-electron chi connectivity index (χ4n) is 2.40. The molecule has 140 valence electrons. The fraction of sp³-hybridized carbons (Fsp3) is 0.211. The normalized spacial score (nSPS) is 10.6. The number of aromatic nitrogens is 2. The van der Waals surface area contributed by atoms with Gasteiger partial charge in [-0.3, -0.25) is 4.79 Å². The lowest BCUT2D eigenvalue weighted by molar-refractivity contribution is -0.119. The van der Waals surface area contributed by atoms with Crippen molar-refractivity contribution in [1.29, 1.82) is 0 Å². The van der Waals surface area contributed by atoms with Crippen LogP contribution in [0.25, 0.3) is 0 Å². The summed E-state index contributed by atoms with van der Waals surface area (Å²) in [5.41, 5.74) is 1.91. The zero-order valence-corrected chi connectivity index (χ0v) is 16.2. The van der Waals surface area contributed by atoms with E-state index < -0.39 is 0 Å². The Hall–Kier alpha value is -2.51. The van der Waals surface area contributed by atoms with Gasteiger partial charge in [0.05, 0.1) is 6.54 Å². The zero-order valence-electron chi connectivity index (χ0n) is 14.7. The highest BCUT2D eigenvalue weighted by molar-refractivity contribution is 7.09. The lowest BCUT2D eigenvalue weighted by Crippen LogP contribution is -2.34. The van der Waals surface area contributed by atoms with Gasteiger partial charge in [0, 0.05) is 36.6 Å². The molecule has 27 heavy (non-hydrogen) atoms. The van der Waals surface area contributed by atoms with Gasteiger partial charge in [0.1, 0.15) is 11.6 Å². The van der Waals surface area contributed by atoms with Gasteiger partial charge in [-0.1, -0.05) is 35.9 Å². The molecule has 1 aromatic heterocycles. The van der Waals surface area contributed by atoms with E-state index in [1.165, 1.54) is 23.7 Å². The summed E-state index contributed by atoms with van der Waals surface area (Å²) in [6.07, 6.45) is 0.609. The molecule has 0 bridgehead atoms. The topological polar surface area (TPSA) is 58.1 Å². The molecular formula is C19H18ClFN4OS. The third-order valence-corrected chi connectivity index (χ3v) is 4.96. The van der Waals surface area contributed by atoms with Gasteiger partial charge >= 0.3 is 0 Å². The molecule has 2 aromatic carbocycles. The van der Waals surface area contributed by atoms with Crippen LogP contribution in [-0.2, 0) is 17.8 Å². The van der Waals surface area contributed by atoms with Crippen molar-refractivity contribution in [1.82, 2.24) is 14.7 Å². The van der Waals surface area contributed by atoms with E-state index in [1.54, 1.807) is 24.1 Å². The van der Waals surface area contributed by atoms with Gasteiger partial charge in [0.2, 0.25) is 11.0 Å². The molecule has 0 fully saturated rings. The second-order valence-electron chi connectivity index (χ2n) is 6.06. The first-order valence-corrected chi connectivity index (χ1v) is 9.44. The van der Waals surface area contributed by atoms with Crippen molar-refractivity contribution < 1.29 is 9.18 Å². The van der Waals surface area contributed by atoms with Crippen LogP contribution in [0.4, 0.5) is 9.52 Å². The SMILES string of the molecule is CN(CC(=O)NCc1ccc(F)cc1)c1nc(Cc2ccc(Cl)cc2)ns1. The zero-order chi connectivity index (χ0) is 19.2. The standard InChI is InChI=1S/C19H18ClFN4OS/c1-25(12-18(26)22-11-14-4-8-16(21)9-5-14)19-23-17(24-27-19)10-13-2-6-15(20)7-3-13/h2-9H,10-12H2,1H3,(H,22,26). The smallest absolute Gasteiger partial charge is 0.239 e. The van der Waals surface area contributed by atoms with Crippen LogP contribution in [0.3, 0.4) is 0 Å². The Labute approximate surface area is 166 Å². The highest BCUT2D eigenvalue weighted by atomic mass is 35.5. The molecule has 3 rings (SSSR count). The summed E-state index contributed by atoms with van der Waals surface area (Å²) in [7, 11) is 1.80. The summed E-state index contributed by atoms with van der Waals surface area (Å²) in [5, 5.41) is 4.18. The number of anilines is 1. The van der Waals surface area contributed by atoms with Gasteiger partial charge in [-0.2, -0.15) is 4.37 Å². The minimum absolute atomic E-state index is 0.142. The molecule has 0 saturated carbocycles. The Morgan fingerprint density at radius 3 is 2.52 bits per heavy atom. The van der Waals surface area contributed by atoms with E-state index in [0.717, 1.165) is 11.1 Å². The summed E-state index contributed by atoms with van der Waals surface area (Å²) in [4.78, 5) is 18.4. The molecule has 0 spiro atoms. The minimum atomic E-state index is -0.296. The van der Waals surface area contributed by atoms with Gasteiger partial charge in [-0.25, -0.2) is 9.37 Å². The van der Waals surface area contributed by atoms with Gasteiger partial charge in [0.15, 0.2) is 0 Å². The summed E-state index contributed by atoms with van der Waals surface area (Å²) in [5.74, 6) is 0.266. The van der Waals surface area contributed by atoms with Crippen LogP contribution in [0.5, 0.6) is 0 Å². The van der Waals surface area contributed by atoms with E-state index in [-0.39, 0.29) is 18.3 Å². The van der Waals surface area contributed by atoms with Crippen molar-refractivity contribution >= 4 is 34.2 Å². The number of halogens is 2. The average Bonchev–Trinajstić information content (AvgIpc) is 3.12. The van der Waals surface area contributed by atoms with Crippen LogP contribution in [0.1, 0.15) is 17.0 Å². The first-order valence-electron chi connectivity index (χ1n) is 8.29. The number of carbonyl (C=O) groups excluding carboxylic acids is 1. The second-order valence-corrected chi connectivity index (χ2v) is 7.22. The Morgan fingerprint density at radius 2 is 1.81 bits per heavy atom. The molecule has 8 heteroatoms.